The molecule has 2 aromatic carbocycles. The zero-order valence-electron chi connectivity index (χ0n) is 11.9. The van der Waals surface area contributed by atoms with Crippen molar-refractivity contribution in [2.75, 3.05) is 7.11 Å². The topological polar surface area (TPSA) is 73.9 Å². The second kappa shape index (κ2) is 6.56. The minimum absolute atomic E-state index is 0.124. The number of hydrogen-bond acceptors (Lipinski definition) is 4. The SMILES string of the molecule is COc1ccc(/C(N)=N\OC(=O)c2cccc(C)c2)cc1. The van der Waals surface area contributed by atoms with Crippen LogP contribution in [0.5, 0.6) is 5.75 Å². The largest absolute Gasteiger partial charge is 0.497 e. The third kappa shape index (κ3) is 3.82. The van der Waals surface area contributed by atoms with Crippen LogP contribution in [0.4, 0.5) is 0 Å². The van der Waals surface area contributed by atoms with Crippen LogP contribution < -0.4 is 10.5 Å². The lowest BCUT2D eigenvalue weighted by Crippen LogP contribution is -2.15. The first kappa shape index (κ1) is 14.6. The number of nitrogens with zero attached hydrogens (tertiary/aromatic N) is 1. The highest BCUT2D eigenvalue weighted by atomic mass is 16.7. The number of aryl methyl sites for hydroxylation is 1. The van der Waals surface area contributed by atoms with E-state index in [9.17, 15) is 4.79 Å². The summed E-state index contributed by atoms with van der Waals surface area (Å²) in [7, 11) is 1.58. The first-order valence-corrected chi connectivity index (χ1v) is 6.36. The Morgan fingerprint density at radius 2 is 1.81 bits per heavy atom. The van der Waals surface area contributed by atoms with Crippen LogP contribution in [0.1, 0.15) is 21.5 Å². The van der Waals surface area contributed by atoms with E-state index in [2.05, 4.69) is 5.16 Å². The Hall–Kier alpha value is -2.82. The van der Waals surface area contributed by atoms with Gasteiger partial charge in [0.2, 0.25) is 0 Å². The van der Waals surface area contributed by atoms with E-state index in [0.717, 1.165) is 5.56 Å². The van der Waals surface area contributed by atoms with Crippen molar-refractivity contribution in [2.45, 2.75) is 6.92 Å². The summed E-state index contributed by atoms with van der Waals surface area (Å²) in [6, 6.07) is 14.0. The molecule has 0 unspecified atom stereocenters. The van der Waals surface area contributed by atoms with E-state index in [1.807, 2.05) is 13.0 Å². The Morgan fingerprint density at radius 3 is 2.43 bits per heavy atom. The van der Waals surface area contributed by atoms with Crippen LogP contribution in [0.2, 0.25) is 0 Å². The van der Waals surface area contributed by atoms with Gasteiger partial charge >= 0.3 is 5.97 Å². The van der Waals surface area contributed by atoms with Gasteiger partial charge in [0.05, 0.1) is 12.7 Å². The number of oxime groups is 1. The minimum Gasteiger partial charge on any atom is -0.497 e. The predicted molar refractivity (Wildman–Crippen MR) is 80.3 cm³/mol. The molecule has 0 fully saturated rings. The molecule has 0 amide bonds. The monoisotopic (exact) mass is 284 g/mol. The Bertz CT molecular complexity index is 663. The molecule has 0 spiro atoms. The second-order valence-corrected chi connectivity index (χ2v) is 4.45. The molecule has 0 saturated heterocycles. The van der Waals surface area contributed by atoms with Crippen molar-refractivity contribution in [1.29, 1.82) is 0 Å². The molecular weight excluding hydrogens is 268 g/mol. The molecular formula is C16H16N2O3. The Kier molecular flexibility index (Phi) is 4.56. The summed E-state index contributed by atoms with van der Waals surface area (Å²) in [6.07, 6.45) is 0. The fourth-order valence-electron chi connectivity index (χ4n) is 1.73. The fourth-order valence-corrected chi connectivity index (χ4v) is 1.73. The lowest BCUT2D eigenvalue weighted by Gasteiger charge is -2.03. The van der Waals surface area contributed by atoms with Crippen LogP contribution in [0.25, 0.3) is 0 Å². The van der Waals surface area contributed by atoms with Gasteiger partial charge in [-0.15, -0.1) is 0 Å². The lowest BCUT2D eigenvalue weighted by molar-refractivity contribution is 0.0516. The summed E-state index contributed by atoms with van der Waals surface area (Å²) in [5.74, 6) is 0.289. The van der Waals surface area contributed by atoms with Gasteiger partial charge in [0.1, 0.15) is 5.75 Å². The zero-order chi connectivity index (χ0) is 15.2. The number of rotatable bonds is 4. The van der Waals surface area contributed by atoms with Gasteiger partial charge in [-0.3, -0.25) is 0 Å². The third-order valence-corrected chi connectivity index (χ3v) is 2.87. The van der Waals surface area contributed by atoms with E-state index in [0.29, 0.717) is 16.9 Å². The Morgan fingerprint density at radius 1 is 1.10 bits per heavy atom. The predicted octanol–water partition coefficient (Wildman–Crippen LogP) is 2.48. The average Bonchev–Trinajstić information content (AvgIpc) is 2.52. The van der Waals surface area contributed by atoms with Crippen molar-refractivity contribution in [2.24, 2.45) is 10.9 Å². The molecule has 0 atom stereocenters. The van der Waals surface area contributed by atoms with E-state index >= 15 is 0 Å². The van der Waals surface area contributed by atoms with Crippen LogP contribution in [0.3, 0.4) is 0 Å². The maximum absolute atomic E-state index is 11.8. The van der Waals surface area contributed by atoms with E-state index in [1.165, 1.54) is 0 Å². The highest BCUT2D eigenvalue weighted by Gasteiger charge is 2.08. The van der Waals surface area contributed by atoms with Crippen molar-refractivity contribution in [3.63, 3.8) is 0 Å². The van der Waals surface area contributed by atoms with Gasteiger partial charge in [-0.2, -0.15) is 0 Å². The van der Waals surface area contributed by atoms with E-state index in [1.54, 1.807) is 49.6 Å². The molecule has 21 heavy (non-hydrogen) atoms. The van der Waals surface area contributed by atoms with Crippen LogP contribution in [-0.4, -0.2) is 18.9 Å². The van der Waals surface area contributed by atoms with Gasteiger partial charge in [-0.25, -0.2) is 4.79 Å². The molecule has 0 radical (unpaired) electrons. The first-order chi connectivity index (χ1) is 10.1. The van der Waals surface area contributed by atoms with Gasteiger partial charge in [0, 0.05) is 5.56 Å². The number of ether oxygens (including phenoxy) is 1. The summed E-state index contributed by atoms with van der Waals surface area (Å²) >= 11 is 0. The highest BCUT2D eigenvalue weighted by Crippen LogP contribution is 2.11. The zero-order valence-corrected chi connectivity index (χ0v) is 11.9. The van der Waals surface area contributed by atoms with E-state index in [-0.39, 0.29) is 5.84 Å². The maximum Gasteiger partial charge on any atom is 0.365 e. The van der Waals surface area contributed by atoms with Gasteiger partial charge < -0.3 is 15.3 Å². The van der Waals surface area contributed by atoms with Gasteiger partial charge in [-0.05, 0) is 43.3 Å². The number of methoxy groups -OCH3 is 1. The number of benzene rings is 2. The van der Waals surface area contributed by atoms with Crippen LogP contribution in [0, 0.1) is 6.92 Å². The van der Waals surface area contributed by atoms with Gasteiger partial charge in [0.25, 0.3) is 0 Å². The standard InChI is InChI=1S/C16H16N2O3/c1-11-4-3-5-13(10-11)16(19)21-18-15(17)12-6-8-14(20-2)9-7-12/h3-10H,1-2H3,(H2,17,18). The van der Waals surface area contributed by atoms with Gasteiger partial charge in [-0.1, -0.05) is 22.9 Å². The molecule has 0 aliphatic carbocycles. The molecule has 5 nitrogen and oxygen atoms in total. The summed E-state index contributed by atoms with van der Waals surface area (Å²) in [5.41, 5.74) is 7.82. The lowest BCUT2D eigenvalue weighted by atomic mass is 10.1. The minimum atomic E-state index is -0.546. The number of carbonyl (C=O) groups is 1. The number of nitrogens with two attached hydrogens (primary N) is 1. The molecule has 2 rings (SSSR count). The van der Waals surface area contributed by atoms with Crippen molar-refractivity contribution < 1.29 is 14.4 Å². The number of hydrogen-bond donors (Lipinski definition) is 1. The molecule has 2 N–H and O–H groups in total. The molecule has 0 bridgehead atoms. The Balaban J connectivity index is 2.07. The average molecular weight is 284 g/mol. The smallest absolute Gasteiger partial charge is 0.365 e. The number of amidine groups is 1. The molecule has 0 saturated carbocycles. The maximum atomic E-state index is 11.8. The normalized spacial score (nSPS) is 11.0. The van der Waals surface area contributed by atoms with Crippen molar-refractivity contribution in [3.05, 3.63) is 65.2 Å². The highest BCUT2D eigenvalue weighted by molar-refractivity contribution is 5.98. The van der Waals surface area contributed by atoms with E-state index in [4.69, 9.17) is 15.3 Å². The number of carbonyl (C=O) groups excluding carboxylic acids is 1. The fraction of sp³-hybridized carbons (Fsp3) is 0.125. The summed E-state index contributed by atoms with van der Waals surface area (Å²) in [6.45, 7) is 1.89. The molecule has 5 heteroatoms. The Labute approximate surface area is 123 Å². The molecule has 0 aliphatic heterocycles. The van der Waals surface area contributed by atoms with Crippen LogP contribution in [-0.2, 0) is 4.84 Å². The summed E-state index contributed by atoms with van der Waals surface area (Å²) < 4.78 is 5.05. The second-order valence-electron chi connectivity index (χ2n) is 4.45. The summed E-state index contributed by atoms with van der Waals surface area (Å²) in [4.78, 5) is 16.7. The molecule has 108 valence electrons. The third-order valence-electron chi connectivity index (χ3n) is 2.87. The molecule has 0 heterocycles. The van der Waals surface area contributed by atoms with E-state index < -0.39 is 5.97 Å². The molecule has 2 aromatic rings. The van der Waals surface area contributed by atoms with Crippen molar-refractivity contribution in [1.82, 2.24) is 0 Å². The quantitative estimate of drug-likeness (QED) is 0.405. The van der Waals surface area contributed by atoms with Crippen LogP contribution >= 0.6 is 0 Å². The summed E-state index contributed by atoms with van der Waals surface area (Å²) in [5, 5.41) is 3.66. The van der Waals surface area contributed by atoms with Crippen molar-refractivity contribution in [3.8, 4) is 5.75 Å². The van der Waals surface area contributed by atoms with Gasteiger partial charge in [0.15, 0.2) is 5.84 Å². The van der Waals surface area contributed by atoms with Crippen molar-refractivity contribution >= 4 is 11.8 Å². The molecule has 0 aromatic heterocycles. The van der Waals surface area contributed by atoms with Crippen LogP contribution in [0.15, 0.2) is 53.7 Å². The first-order valence-electron chi connectivity index (χ1n) is 6.36. The molecule has 0 aliphatic rings.